The maximum Gasteiger partial charge on any atom is 0.313 e. The molecular weight excluding hydrogens is 388 g/mol. The van der Waals surface area contributed by atoms with Crippen LogP contribution in [0, 0.1) is 28.6 Å². The Bertz CT molecular complexity index is 775. The minimum Gasteiger partial charge on any atom is -0.481 e. The van der Waals surface area contributed by atoms with E-state index in [0.29, 0.717) is 30.6 Å². The van der Waals surface area contributed by atoms with E-state index in [1.165, 1.54) is 5.57 Å². The molecule has 0 aliphatic heterocycles. The van der Waals surface area contributed by atoms with Crippen molar-refractivity contribution in [1.82, 2.24) is 0 Å². The second kappa shape index (κ2) is 7.23. The summed E-state index contributed by atoms with van der Waals surface area (Å²) >= 11 is 1.08. The number of aliphatic carboxylic acids is 1. The Balaban J connectivity index is 1.56. The molecule has 6 atom stereocenters. The van der Waals surface area contributed by atoms with Gasteiger partial charge in [0.15, 0.2) is 11.6 Å². The molecule has 0 amide bonds. The zero-order chi connectivity index (χ0) is 21.0. The van der Waals surface area contributed by atoms with Gasteiger partial charge in [0.05, 0.1) is 11.5 Å². The van der Waals surface area contributed by atoms with Gasteiger partial charge in [0.1, 0.15) is 5.60 Å². The average molecular weight is 421 g/mol. The second-order valence-corrected chi connectivity index (χ2v) is 11.1. The number of allylic oxidation sites excluding steroid dienone is 1. The normalized spacial score (nSPS) is 43.8. The summed E-state index contributed by atoms with van der Waals surface area (Å²) < 4.78 is 0. The van der Waals surface area contributed by atoms with Gasteiger partial charge in [0.25, 0.3) is 0 Å². The Morgan fingerprint density at radius 2 is 1.79 bits per heavy atom. The van der Waals surface area contributed by atoms with Crippen LogP contribution in [0.15, 0.2) is 11.6 Å². The third kappa shape index (κ3) is 3.13. The molecule has 0 spiro atoms. The number of carboxylic acids is 1. The molecule has 6 unspecified atom stereocenters. The fourth-order valence-electron chi connectivity index (χ4n) is 7.38. The van der Waals surface area contributed by atoms with Crippen LogP contribution in [0.25, 0.3) is 0 Å². The van der Waals surface area contributed by atoms with Crippen LogP contribution in [0.3, 0.4) is 0 Å². The van der Waals surface area contributed by atoms with Gasteiger partial charge in [-0.15, -0.1) is 11.8 Å². The van der Waals surface area contributed by atoms with E-state index in [4.69, 9.17) is 5.11 Å². The summed E-state index contributed by atoms with van der Waals surface area (Å²) in [5, 5.41) is 20.4. The molecule has 0 radical (unpaired) electrons. The number of fused-ring (bicyclic) bond motifs is 5. The number of hydrogen-bond donors (Lipinski definition) is 2. The number of carbonyl (C=O) groups excluding carboxylic acids is 2. The quantitative estimate of drug-likeness (QED) is 0.706. The lowest BCUT2D eigenvalue weighted by Gasteiger charge is -2.58. The van der Waals surface area contributed by atoms with Gasteiger partial charge in [-0.1, -0.05) is 19.4 Å². The number of carboxylic acid groups (broad SMARTS) is 1. The first-order valence-electron chi connectivity index (χ1n) is 10.9. The molecule has 6 heteroatoms. The molecule has 160 valence electrons. The van der Waals surface area contributed by atoms with Gasteiger partial charge in [0, 0.05) is 11.8 Å². The van der Waals surface area contributed by atoms with Crippen LogP contribution >= 0.6 is 11.8 Å². The summed E-state index contributed by atoms with van der Waals surface area (Å²) in [6.07, 6.45) is 8.61. The average Bonchev–Trinajstić information content (AvgIpc) is 2.94. The van der Waals surface area contributed by atoms with Crippen LogP contribution in [0.2, 0.25) is 0 Å². The van der Waals surface area contributed by atoms with Crippen LogP contribution in [-0.2, 0) is 14.4 Å². The number of ketones is 2. The number of Topliss-reactive ketones (excluding diaryl/α,β-unsaturated/α-hetero) is 1. The molecule has 0 aromatic rings. The monoisotopic (exact) mass is 420 g/mol. The maximum absolute atomic E-state index is 13.0. The predicted molar refractivity (Wildman–Crippen MR) is 112 cm³/mol. The summed E-state index contributed by atoms with van der Waals surface area (Å²) in [5.74, 6) is 0.399. The first-order chi connectivity index (χ1) is 13.6. The van der Waals surface area contributed by atoms with Crippen LogP contribution < -0.4 is 0 Å². The molecule has 4 aliphatic carbocycles. The van der Waals surface area contributed by atoms with E-state index >= 15 is 0 Å². The molecule has 0 bridgehead atoms. The summed E-state index contributed by atoms with van der Waals surface area (Å²) in [7, 11) is 0. The molecule has 0 heterocycles. The highest BCUT2D eigenvalue weighted by Crippen LogP contribution is 2.67. The molecule has 3 saturated carbocycles. The molecule has 0 aromatic carbocycles. The highest BCUT2D eigenvalue weighted by atomic mass is 32.2. The summed E-state index contributed by atoms with van der Waals surface area (Å²) in [6.45, 7) is 4.43. The van der Waals surface area contributed by atoms with E-state index in [0.717, 1.165) is 50.3 Å². The summed E-state index contributed by atoms with van der Waals surface area (Å²) in [6, 6.07) is 0. The Kier molecular flexibility index (Phi) is 5.26. The molecule has 29 heavy (non-hydrogen) atoms. The van der Waals surface area contributed by atoms with Crippen LogP contribution in [0.4, 0.5) is 0 Å². The molecule has 0 aromatic heterocycles. The molecule has 4 rings (SSSR count). The lowest BCUT2D eigenvalue weighted by atomic mass is 9.46. The number of aliphatic hydroxyl groups is 1. The van der Waals surface area contributed by atoms with E-state index in [9.17, 15) is 19.5 Å². The van der Waals surface area contributed by atoms with Crippen LogP contribution in [0.5, 0.6) is 0 Å². The van der Waals surface area contributed by atoms with Gasteiger partial charge in [-0.3, -0.25) is 14.4 Å². The van der Waals surface area contributed by atoms with E-state index in [1.54, 1.807) is 0 Å². The zero-order valence-corrected chi connectivity index (χ0v) is 18.2. The largest absolute Gasteiger partial charge is 0.481 e. The third-order valence-electron chi connectivity index (χ3n) is 9.03. The maximum atomic E-state index is 13.0. The third-order valence-corrected chi connectivity index (χ3v) is 9.95. The molecule has 4 aliphatic rings. The minimum atomic E-state index is -1.34. The standard InChI is InChI=1S/C23H32O5S/c1-21-8-5-15(24)11-14(21)3-4-16-17(21)6-9-22(2)18(16)7-10-23(22,28)19(25)12-29-13-20(26)27/h11,16-18,28H,3-10,12-13H2,1-2H3,(H,26,27). The lowest BCUT2D eigenvalue weighted by molar-refractivity contribution is -0.159. The van der Waals surface area contributed by atoms with Gasteiger partial charge >= 0.3 is 5.97 Å². The Hall–Kier alpha value is -1.14. The highest BCUT2D eigenvalue weighted by Gasteiger charge is 2.65. The molecule has 5 nitrogen and oxygen atoms in total. The van der Waals surface area contributed by atoms with Crippen molar-refractivity contribution in [3.63, 3.8) is 0 Å². The molecule has 3 fully saturated rings. The lowest BCUT2D eigenvalue weighted by Crippen LogP contribution is -2.58. The number of thioether (sulfide) groups is 1. The van der Waals surface area contributed by atoms with E-state index in [2.05, 4.69) is 13.8 Å². The molecule has 2 N–H and O–H groups in total. The highest BCUT2D eigenvalue weighted by molar-refractivity contribution is 8.00. The van der Waals surface area contributed by atoms with Gasteiger partial charge in [0.2, 0.25) is 0 Å². The Morgan fingerprint density at radius 1 is 1.07 bits per heavy atom. The summed E-state index contributed by atoms with van der Waals surface area (Å²) in [4.78, 5) is 35.7. The SMILES string of the molecule is CC12CCC(=O)C=C1CCC1C2CCC2(C)C1CCC2(O)C(=O)CSCC(=O)O. The minimum absolute atomic E-state index is 0.0614. The predicted octanol–water partition coefficient (Wildman–Crippen LogP) is 3.64. The topological polar surface area (TPSA) is 91.7 Å². The van der Waals surface area contributed by atoms with Crippen molar-refractivity contribution in [1.29, 1.82) is 0 Å². The Morgan fingerprint density at radius 3 is 2.52 bits per heavy atom. The molecular formula is C23H32O5S. The van der Waals surface area contributed by atoms with E-state index in [-0.39, 0.29) is 28.5 Å². The van der Waals surface area contributed by atoms with Crippen molar-refractivity contribution in [3.8, 4) is 0 Å². The van der Waals surface area contributed by atoms with Gasteiger partial charge in [-0.25, -0.2) is 0 Å². The van der Waals surface area contributed by atoms with E-state index in [1.807, 2.05) is 6.08 Å². The van der Waals surface area contributed by atoms with Crippen molar-refractivity contribution in [3.05, 3.63) is 11.6 Å². The van der Waals surface area contributed by atoms with Crippen molar-refractivity contribution < 1.29 is 24.6 Å². The van der Waals surface area contributed by atoms with Gasteiger partial charge in [-0.2, -0.15) is 0 Å². The number of hydrogen-bond acceptors (Lipinski definition) is 5. The van der Waals surface area contributed by atoms with Crippen LogP contribution in [0.1, 0.15) is 65.2 Å². The fraction of sp³-hybridized carbons (Fsp3) is 0.783. The van der Waals surface area contributed by atoms with Crippen molar-refractivity contribution >= 4 is 29.3 Å². The first kappa shape index (κ1) is 21.1. The van der Waals surface area contributed by atoms with E-state index < -0.39 is 17.0 Å². The number of carbonyl (C=O) groups is 3. The van der Waals surface area contributed by atoms with Crippen molar-refractivity contribution in [2.45, 2.75) is 70.8 Å². The Labute approximate surface area is 176 Å². The van der Waals surface area contributed by atoms with Gasteiger partial charge < -0.3 is 10.2 Å². The molecule has 0 saturated heterocycles. The number of rotatable bonds is 5. The van der Waals surface area contributed by atoms with Crippen LogP contribution in [-0.4, -0.2) is 44.9 Å². The van der Waals surface area contributed by atoms with Crippen molar-refractivity contribution in [2.75, 3.05) is 11.5 Å². The first-order valence-corrected chi connectivity index (χ1v) is 12.1. The van der Waals surface area contributed by atoms with Gasteiger partial charge in [-0.05, 0) is 74.2 Å². The zero-order valence-electron chi connectivity index (χ0n) is 17.4. The fourth-order valence-corrected chi connectivity index (χ4v) is 8.08. The second-order valence-electron chi connectivity index (χ2n) is 10.1. The smallest absolute Gasteiger partial charge is 0.313 e. The van der Waals surface area contributed by atoms with Crippen molar-refractivity contribution in [2.24, 2.45) is 28.6 Å². The summed E-state index contributed by atoms with van der Waals surface area (Å²) in [5.41, 5.74) is -0.363.